The summed E-state index contributed by atoms with van der Waals surface area (Å²) in [4.78, 5) is 9.59. The van der Waals surface area contributed by atoms with Crippen LogP contribution in [0.15, 0.2) is 0 Å². The molecule has 4 heteroatoms. The molecule has 0 aromatic rings. The van der Waals surface area contributed by atoms with Crippen molar-refractivity contribution in [3.8, 4) is 0 Å². The number of carboxylic acid groups (broad SMARTS) is 1. The van der Waals surface area contributed by atoms with Crippen molar-refractivity contribution in [3.63, 3.8) is 0 Å². The Bertz CT molecular complexity index is 65.1. The van der Waals surface area contributed by atoms with Crippen molar-refractivity contribution in [2.75, 3.05) is 5.88 Å². The molecule has 0 N–H and O–H groups in total. The third kappa shape index (κ3) is 9.41. The van der Waals surface area contributed by atoms with Crippen LogP contribution in [-0.4, -0.2) is 11.8 Å². The molecule has 8 heavy (non-hydrogen) atoms. The fourth-order valence-corrected chi connectivity index (χ4v) is 0.345. The Hall–Kier alpha value is 0.0500. The van der Waals surface area contributed by atoms with Crippen LogP contribution >= 0.6 is 11.6 Å². The first-order valence-corrected chi connectivity index (χ1v) is 2.56. The zero-order chi connectivity index (χ0) is 5.70. The van der Waals surface area contributed by atoms with Gasteiger partial charge in [0.05, 0.1) is 0 Å². The molecular weight excluding hydrogens is 151 g/mol. The highest BCUT2D eigenvalue weighted by Gasteiger charge is 1.81. The van der Waals surface area contributed by atoms with Crippen LogP contribution < -0.4 is 17.5 Å². The van der Waals surface area contributed by atoms with E-state index in [0.717, 1.165) is 0 Å². The summed E-state index contributed by atoms with van der Waals surface area (Å²) in [6, 6.07) is 0. The van der Waals surface area contributed by atoms with Crippen LogP contribution in [0.1, 0.15) is 12.8 Å². The first-order valence-electron chi connectivity index (χ1n) is 2.03. The van der Waals surface area contributed by atoms with E-state index in [1.165, 1.54) is 0 Å². The number of hydrogen-bond donors (Lipinski definition) is 0. The Morgan fingerprint density at radius 2 is 2.12 bits per heavy atom. The van der Waals surface area contributed by atoms with Gasteiger partial charge in [0.25, 0.3) is 0 Å². The van der Waals surface area contributed by atoms with Gasteiger partial charge in [-0.3, -0.25) is 0 Å². The summed E-state index contributed by atoms with van der Waals surface area (Å²) in [6.45, 7) is 0. The summed E-state index contributed by atoms with van der Waals surface area (Å²) in [5.41, 5.74) is 0. The number of carbonyl (C=O) groups is 1. The smallest absolute Gasteiger partial charge is 0.0414 e. The molecule has 0 rings (SSSR count). The Morgan fingerprint density at radius 3 is 2.25 bits per heavy atom. The maximum atomic E-state index is 9.59. The highest BCUT2D eigenvalue weighted by Crippen LogP contribution is 1.87. The molecule has 0 aromatic heterocycles. The van der Waals surface area contributed by atoms with E-state index >= 15 is 0 Å². The van der Waals surface area contributed by atoms with Crippen molar-refractivity contribution in [2.24, 2.45) is 0 Å². The normalized spacial score (nSPS) is 7.62. The molecule has 0 amide bonds. The number of alkyl halides is 1. The molecule has 0 unspecified atom stereocenters. The highest BCUT2D eigenvalue weighted by molar-refractivity contribution is 6.17. The molecular formula is C4H6Cl2O2-2. The van der Waals surface area contributed by atoms with Crippen molar-refractivity contribution in [1.82, 2.24) is 0 Å². The second-order valence-corrected chi connectivity index (χ2v) is 1.54. The minimum absolute atomic E-state index is 0. The number of carbonyl (C=O) groups excluding carboxylic acids is 1. The van der Waals surface area contributed by atoms with Crippen LogP contribution in [0.2, 0.25) is 0 Å². The average molecular weight is 157 g/mol. The van der Waals surface area contributed by atoms with Gasteiger partial charge in [0.1, 0.15) is 0 Å². The zero-order valence-corrected chi connectivity index (χ0v) is 5.71. The quantitative estimate of drug-likeness (QED) is 0.404. The van der Waals surface area contributed by atoms with Crippen molar-refractivity contribution < 1.29 is 22.3 Å². The molecule has 0 aromatic carbocycles. The molecule has 0 atom stereocenters. The number of hydrogen-bond acceptors (Lipinski definition) is 2. The maximum Gasteiger partial charge on any atom is 0.0414 e. The minimum Gasteiger partial charge on any atom is -1.00 e. The minimum atomic E-state index is -1.03. The molecule has 0 spiro atoms. The van der Waals surface area contributed by atoms with Crippen molar-refractivity contribution in [1.29, 1.82) is 0 Å². The zero-order valence-electron chi connectivity index (χ0n) is 4.19. The number of carboxylic acids is 1. The summed E-state index contributed by atoms with van der Waals surface area (Å²) in [7, 11) is 0. The third-order valence-electron chi connectivity index (χ3n) is 0.515. The van der Waals surface area contributed by atoms with Gasteiger partial charge in [-0.25, -0.2) is 0 Å². The number of halogens is 2. The SMILES string of the molecule is O=C([O-])CCCCl.[Cl-]. The molecule has 0 fully saturated rings. The van der Waals surface area contributed by atoms with Gasteiger partial charge in [0.15, 0.2) is 0 Å². The fourth-order valence-electron chi connectivity index (χ4n) is 0.211. The topological polar surface area (TPSA) is 40.1 Å². The maximum absolute atomic E-state index is 9.59. The van der Waals surface area contributed by atoms with Crippen LogP contribution in [0.5, 0.6) is 0 Å². The van der Waals surface area contributed by atoms with Gasteiger partial charge in [-0.2, -0.15) is 0 Å². The average Bonchev–Trinajstić information content (AvgIpc) is 1.61. The first-order chi connectivity index (χ1) is 3.27. The molecule has 0 aliphatic carbocycles. The number of rotatable bonds is 3. The molecule has 0 saturated carbocycles. The van der Waals surface area contributed by atoms with E-state index in [1.807, 2.05) is 0 Å². The largest absolute Gasteiger partial charge is 1.00 e. The fraction of sp³-hybridized carbons (Fsp3) is 0.750. The van der Waals surface area contributed by atoms with Gasteiger partial charge in [-0.05, 0) is 12.8 Å². The lowest BCUT2D eigenvalue weighted by molar-refractivity contribution is -0.305. The lowest BCUT2D eigenvalue weighted by Gasteiger charge is -1.94. The lowest BCUT2D eigenvalue weighted by atomic mass is 10.3. The summed E-state index contributed by atoms with van der Waals surface area (Å²) in [6.07, 6.45) is 0.577. The van der Waals surface area contributed by atoms with Crippen molar-refractivity contribution in [3.05, 3.63) is 0 Å². The van der Waals surface area contributed by atoms with Gasteiger partial charge in [0.2, 0.25) is 0 Å². The summed E-state index contributed by atoms with van der Waals surface area (Å²) >= 11 is 5.15. The molecule has 2 nitrogen and oxygen atoms in total. The van der Waals surface area contributed by atoms with Crippen LogP contribution in [0.25, 0.3) is 0 Å². The molecule has 0 radical (unpaired) electrons. The van der Waals surface area contributed by atoms with E-state index in [9.17, 15) is 9.90 Å². The van der Waals surface area contributed by atoms with E-state index in [2.05, 4.69) is 0 Å². The van der Waals surface area contributed by atoms with Crippen molar-refractivity contribution in [2.45, 2.75) is 12.8 Å². The Morgan fingerprint density at radius 1 is 1.62 bits per heavy atom. The summed E-state index contributed by atoms with van der Waals surface area (Å²) in [5, 5.41) is 9.59. The molecule has 0 aliphatic heterocycles. The first kappa shape index (κ1) is 10.9. The number of aliphatic carboxylic acids is 1. The van der Waals surface area contributed by atoms with Crippen LogP contribution in [0.4, 0.5) is 0 Å². The second-order valence-electron chi connectivity index (χ2n) is 1.16. The molecule has 0 bridgehead atoms. The Kier molecular flexibility index (Phi) is 9.63. The molecule has 0 aliphatic rings. The predicted molar refractivity (Wildman–Crippen MR) is 25.0 cm³/mol. The summed E-state index contributed by atoms with van der Waals surface area (Å²) in [5.74, 6) is -0.630. The molecule has 50 valence electrons. The highest BCUT2D eigenvalue weighted by atomic mass is 35.5. The van der Waals surface area contributed by atoms with Gasteiger partial charge >= 0.3 is 0 Å². The van der Waals surface area contributed by atoms with Crippen LogP contribution in [0, 0.1) is 0 Å². The van der Waals surface area contributed by atoms with Gasteiger partial charge < -0.3 is 22.3 Å². The van der Waals surface area contributed by atoms with E-state index < -0.39 is 5.97 Å². The van der Waals surface area contributed by atoms with Crippen molar-refractivity contribution >= 4 is 17.6 Å². The van der Waals surface area contributed by atoms with E-state index in [1.54, 1.807) is 0 Å². The Labute approximate surface area is 59.2 Å². The lowest BCUT2D eigenvalue weighted by Crippen LogP contribution is -3.00. The summed E-state index contributed by atoms with van der Waals surface area (Å²) < 4.78 is 0. The molecule has 0 heterocycles. The molecule has 0 saturated heterocycles. The van der Waals surface area contributed by atoms with E-state index in [4.69, 9.17) is 11.6 Å². The third-order valence-corrected chi connectivity index (χ3v) is 0.782. The van der Waals surface area contributed by atoms with Gasteiger partial charge in [-0.1, -0.05) is 0 Å². The van der Waals surface area contributed by atoms with E-state index in [-0.39, 0.29) is 18.8 Å². The standard InChI is InChI=1S/C4H7ClO2.ClH/c5-3-1-2-4(6)7;/h1-3H2,(H,6,7);1H/p-2. The second kappa shape index (κ2) is 7.05. The monoisotopic (exact) mass is 156 g/mol. The van der Waals surface area contributed by atoms with E-state index in [0.29, 0.717) is 12.3 Å². The Balaban J connectivity index is 0. The van der Waals surface area contributed by atoms with Gasteiger partial charge in [-0.15, -0.1) is 11.6 Å². The predicted octanol–water partition coefficient (Wildman–Crippen LogP) is -3.24. The van der Waals surface area contributed by atoms with Crippen LogP contribution in [-0.2, 0) is 4.79 Å². The van der Waals surface area contributed by atoms with Gasteiger partial charge in [0, 0.05) is 11.8 Å². The van der Waals surface area contributed by atoms with Crippen LogP contribution in [0.3, 0.4) is 0 Å².